The maximum absolute atomic E-state index is 15.0. The molecule has 196 valence electrons. The Morgan fingerprint density at radius 3 is 2.70 bits per heavy atom. The average molecular weight is 511 g/mol. The summed E-state index contributed by atoms with van der Waals surface area (Å²) in [6.45, 7) is 4.12. The van der Waals surface area contributed by atoms with Crippen LogP contribution in [0.5, 0.6) is 5.88 Å². The minimum Gasteiger partial charge on any atom is -0.470 e. The molecule has 9 nitrogen and oxygen atoms in total. The lowest BCUT2D eigenvalue weighted by atomic mass is 10.0. The van der Waals surface area contributed by atoms with E-state index in [1.54, 1.807) is 6.07 Å². The van der Waals surface area contributed by atoms with Crippen molar-refractivity contribution in [1.82, 2.24) is 15.3 Å². The molecular weight excluding hydrogens is 479 g/mol. The number of aromatic nitrogens is 2. The van der Waals surface area contributed by atoms with Gasteiger partial charge in [0, 0.05) is 48.9 Å². The number of aromatic amines is 1. The number of anilines is 1. The van der Waals surface area contributed by atoms with Crippen LogP contribution in [0.4, 0.5) is 10.1 Å². The van der Waals surface area contributed by atoms with Gasteiger partial charge >= 0.3 is 0 Å². The van der Waals surface area contributed by atoms with Gasteiger partial charge in [-0.05, 0) is 25.0 Å². The zero-order valence-electron chi connectivity index (χ0n) is 20.7. The first-order chi connectivity index (χ1) is 18.0. The van der Waals surface area contributed by atoms with Crippen LogP contribution < -0.4 is 15.0 Å². The van der Waals surface area contributed by atoms with Gasteiger partial charge in [-0.2, -0.15) is 0 Å². The van der Waals surface area contributed by atoms with Gasteiger partial charge < -0.3 is 34.5 Å². The summed E-state index contributed by atoms with van der Waals surface area (Å²) in [6, 6.07) is 11.2. The number of piperidine rings is 1. The van der Waals surface area contributed by atoms with Gasteiger partial charge in [0.1, 0.15) is 24.0 Å². The number of rotatable bonds is 6. The third-order valence-electron chi connectivity index (χ3n) is 7.48. The third-order valence-corrected chi connectivity index (χ3v) is 7.48. The van der Waals surface area contributed by atoms with Gasteiger partial charge in [0.05, 0.1) is 24.2 Å². The molecule has 1 amide bonds. The molecule has 10 heteroatoms. The van der Waals surface area contributed by atoms with E-state index < -0.39 is 11.9 Å². The number of H-pyrrole nitrogens is 1. The van der Waals surface area contributed by atoms with Crippen molar-refractivity contribution in [1.29, 1.82) is 0 Å². The van der Waals surface area contributed by atoms with Gasteiger partial charge in [0.25, 0.3) is 0 Å². The summed E-state index contributed by atoms with van der Waals surface area (Å²) in [5.74, 6) is 0.124. The standard InChI is InChI=1S/C27H31FN4O5/c1-2-23(34)29-16-7-9-32(10-8-16)17-5-3-15(4-6-17)25-18(28)11-19-20(31-25)12-24(30-19)37-22-14-36-26-21(33)13-35-27(22)26/h3-6,11-12,16,21-22,26-27,30,33H,2,7-10,13-14H2,1H3,(H,29,34)/t21-,22-,26?,27?/m1/s1. The molecule has 4 atom stereocenters. The van der Waals surface area contributed by atoms with Crippen LogP contribution in [0.15, 0.2) is 36.4 Å². The molecule has 5 heterocycles. The van der Waals surface area contributed by atoms with Gasteiger partial charge in [-0.3, -0.25) is 4.79 Å². The van der Waals surface area contributed by atoms with E-state index in [9.17, 15) is 9.90 Å². The zero-order chi connectivity index (χ0) is 25.5. The quantitative estimate of drug-likeness (QED) is 0.468. The fourth-order valence-electron chi connectivity index (χ4n) is 5.42. The molecule has 3 aromatic rings. The number of halogens is 1. The first-order valence-corrected chi connectivity index (χ1v) is 12.9. The number of hydrogen-bond donors (Lipinski definition) is 3. The molecule has 1 aromatic carbocycles. The van der Waals surface area contributed by atoms with E-state index in [-0.39, 0.29) is 42.6 Å². The van der Waals surface area contributed by atoms with Crippen molar-refractivity contribution in [2.75, 3.05) is 31.2 Å². The van der Waals surface area contributed by atoms with Crippen LogP contribution in [0.3, 0.4) is 0 Å². The Balaban J connectivity index is 1.14. The molecule has 37 heavy (non-hydrogen) atoms. The Kier molecular flexibility index (Phi) is 6.48. The minimum absolute atomic E-state index is 0.0965. The molecule has 2 unspecified atom stereocenters. The van der Waals surface area contributed by atoms with Crippen molar-refractivity contribution in [3.8, 4) is 17.1 Å². The highest BCUT2D eigenvalue weighted by atomic mass is 19.1. The summed E-state index contributed by atoms with van der Waals surface area (Å²) in [5.41, 5.74) is 3.16. The lowest BCUT2D eigenvalue weighted by Gasteiger charge is -2.34. The van der Waals surface area contributed by atoms with E-state index in [2.05, 4.69) is 20.2 Å². The Morgan fingerprint density at radius 1 is 1.19 bits per heavy atom. The van der Waals surface area contributed by atoms with Crippen LogP contribution in [0.2, 0.25) is 0 Å². The fraction of sp³-hybridized carbons (Fsp3) is 0.481. The van der Waals surface area contributed by atoms with E-state index in [1.807, 2.05) is 31.2 Å². The molecule has 3 N–H and O–H groups in total. The van der Waals surface area contributed by atoms with E-state index in [0.717, 1.165) is 31.6 Å². The molecule has 3 aliphatic rings. The summed E-state index contributed by atoms with van der Waals surface area (Å²) < 4.78 is 32.3. The average Bonchev–Trinajstić information content (AvgIpc) is 3.60. The highest BCUT2D eigenvalue weighted by Gasteiger charge is 2.48. The number of pyridine rings is 1. The van der Waals surface area contributed by atoms with Crippen LogP contribution >= 0.6 is 0 Å². The van der Waals surface area contributed by atoms with Crippen LogP contribution in [0.25, 0.3) is 22.3 Å². The van der Waals surface area contributed by atoms with Crippen molar-refractivity contribution < 1.29 is 28.5 Å². The number of amides is 1. The number of fused-ring (bicyclic) bond motifs is 2. The summed E-state index contributed by atoms with van der Waals surface area (Å²) in [6.07, 6.45) is 0.588. The fourth-order valence-corrected chi connectivity index (χ4v) is 5.42. The molecule has 0 spiro atoms. The van der Waals surface area contributed by atoms with E-state index in [4.69, 9.17) is 14.2 Å². The van der Waals surface area contributed by atoms with Crippen molar-refractivity contribution in [2.45, 2.75) is 56.6 Å². The Bertz CT molecular complexity index is 1270. The normalized spacial score (nSPS) is 26.0. The number of nitrogens with one attached hydrogen (secondary N) is 2. The minimum atomic E-state index is -0.647. The monoisotopic (exact) mass is 510 g/mol. The van der Waals surface area contributed by atoms with Crippen LogP contribution in [-0.4, -0.2) is 77.7 Å². The number of carbonyl (C=O) groups excluding carboxylic acids is 1. The molecule has 0 aliphatic carbocycles. The summed E-state index contributed by atoms with van der Waals surface area (Å²) in [5, 5.41) is 13.0. The van der Waals surface area contributed by atoms with Crippen LogP contribution in [-0.2, 0) is 14.3 Å². The van der Waals surface area contributed by atoms with E-state index in [0.29, 0.717) is 35.5 Å². The largest absolute Gasteiger partial charge is 0.470 e. The molecular formula is C27H31FN4O5. The van der Waals surface area contributed by atoms with Gasteiger partial charge in [-0.1, -0.05) is 19.1 Å². The van der Waals surface area contributed by atoms with Crippen molar-refractivity contribution in [3.63, 3.8) is 0 Å². The Hall–Kier alpha value is -3.21. The molecule has 0 saturated carbocycles. The number of nitrogens with zero attached hydrogens (tertiary/aromatic N) is 2. The van der Waals surface area contributed by atoms with Crippen molar-refractivity contribution >= 4 is 22.6 Å². The lowest BCUT2D eigenvalue weighted by Crippen LogP contribution is -2.44. The number of aliphatic hydroxyl groups is 1. The predicted octanol–water partition coefficient (Wildman–Crippen LogP) is 2.77. The second-order valence-corrected chi connectivity index (χ2v) is 9.93. The molecule has 2 aromatic heterocycles. The van der Waals surface area contributed by atoms with Gasteiger partial charge in [-0.25, -0.2) is 9.37 Å². The second kappa shape index (κ2) is 9.92. The number of aliphatic hydroxyl groups excluding tert-OH is 1. The maximum atomic E-state index is 15.0. The smallest absolute Gasteiger partial charge is 0.219 e. The topological polar surface area (TPSA) is 109 Å². The molecule has 3 fully saturated rings. The highest BCUT2D eigenvalue weighted by Crippen LogP contribution is 2.32. The molecule has 3 saturated heterocycles. The Labute approximate surface area is 213 Å². The summed E-state index contributed by atoms with van der Waals surface area (Å²) in [7, 11) is 0. The number of ether oxygens (including phenoxy) is 3. The Morgan fingerprint density at radius 2 is 1.95 bits per heavy atom. The number of benzene rings is 1. The number of hydrogen-bond acceptors (Lipinski definition) is 7. The first kappa shape index (κ1) is 24.1. The SMILES string of the molecule is CCC(=O)NC1CCN(c2ccc(-c3nc4cc(O[C@@H]5COC6C5OC[C@H]6O)[nH]c4cc3F)cc2)CC1. The van der Waals surface area contributed by atoms with Crippen molar-refractivity contribution in [2.24, 2.45) is 0 Å². The van der Waals surface area contributed by atoms with Crippen LogP contribution in [0, 0.1) is 5.82 Å². The van der Waals surface area contributed by atoms with E-state index >= 15 is 4.39 Å². The first-order valence-electron chi connectivity index (χ1n) is 12.9. The molecule has 0 bridgehead atoms. The van der Waals surface area contributed by atoms with Crippen molar-refractivity contribution in [3.05, 3.63) is 42.2 Å². The highest BCUT2D eigenvalue weighted by molar-refractivity contribution is 5.81. The van der Waals surface area contributed by atoms with Gasteiger partial charge in [-0.15, -0.1) is 0 Å². The second-order valence-electron chi connectivity index (χ2n) is 9.93. The van der Waals surface area contributed by atoms with Gasteiger partial charge in [0.2, 0.25) is 5.91 Å². The summed E-state index contributed by atoms with van der Waals surface area (Å²) >= 11 is 0. The third kappa shape index (κ3) is 4.76. The predicted molar refractivity (Wildman–Crippen MR) is 135 cm³/mol. The van der Waals surface area contributed by atoms with Gasteiger partial charge in [0.15, 0.2) is 17.8 Å². The zero-order valence-corrected chi connectivity index (χ0v) is 20.7. The molecule has 3 aliphatic heterocycles. The maximum Gasteiger partial charge on any atom is 0.219 e. The summed E-state index contributed by atoms with van der Waals surface area (Å²) in [4.78, 5) is 21.6. The number of carbonyl (C=O) groups is 1. The molecule has 6 rings (SSSR count). The van der Waals surface area contributed by atoms with Crippen LogP contribution in [0.1, 0.15) is 26.2 Å². The van der Waals surface area contributed by atoms with E-state index in [1.165, 1.54) is 6.07 Å². The molecule has 0 radical (unpaired) electrons. The lowest BCUT2D eigenvalue weighted by molar-refractivity contribution is -0.121.